The maximum atomic E-state index is 15.9. The molecule has 3 unspecified atom stereocenters. The lowest BCUT2D eigenvalue weighted by molar-refractivity contribution is -0.118. The van der Waals surface area contributed by atoms with Crippen molar-refractivity contribution >= 4 is 44.4 Å². The van der Waals surface area contributed by atoms with Gasteiger partial charge in [-0.1, -0.05) is 6.92 Å². The molecule has 2 aromatic heterocycles. The molecule has 1 saturated carbocycles. The number of nitrogens with one attached hydrogen (secondary N) is 2. The van der Waals surface area contributed by atoms with Crippen LogP contribution >= 0.6 is 0 Å². The van der Waals surface area contributed by atoms with E-state index in [0.717, 1.165) is 11.8 Å². The van der Waals surface area contributed by atoms with Crippen LogP contribution < -0.4 is 10.6 Å². The highest BCUT2D eigenvalue weighted by Gasteiger charge is 2.52. The first-order valence-corrected chi connectivity index (χ1v) is 14.1. The first-order valence-electron chi connectivity index (χ1n) is 12.3. The summed E-state index contributed by atoms with van der Waals surface area (Å²) in [6, 6.07) is 4.94. The van der Waals surface area contributed by atoms with Gasteiger partial charge in [0.25, 0.3) is 10.1 Å². The van der Waals surface area contributed by atoms with Gasteiger partial charge in [-0.25, -0.2) is 14.2 Å². The number of amides is 2. The van der Waals surface area contributed by atoms with Gasteiger partial charge in [0.15, 0.2) is 5.82 Å². The number of fused-ring (bicyclic) bond motifs is 1. The smallest absolute Gasteiger partial charge is 0.412 e. The summed E-state index contributed by atoms with van der Waals surface area (Å²) in [6.07, 6.45) is 4.63. The van der Waals surface area contributed by atoms with Crippen molar-refractivity contribution in [1.82, 2.24) is 9.97 Å². The van der Waals surface area contributed by atoms with Gasteiger partial charge in [0, 0.05) is 41.0 Å². The van der Waals surface area contributed by atoms with Crippen molar-refractivity contribution in [1.29, 1.82) is 0 Å². The predicted molar refractivity (Wildman–Crippen MR) is 145 cm³/mol. The minimum atomic E-state index is -3.61. The van der Waals surface area contributed by atoms with Crippen LogP contribution in [0.25, 0.3) is 21.9 Å². The Kier molecular flexibility index (Phi) is 7.63. The molecular formula is C27H31FN4O6S. The zero-order chi connectivity index (χ0) is 28.7. The minimum Gasteiger partial charge on any atom is -0.444 e. The number of carbonyl (C=O) groups is 2. The third kappa shape index (κ3) is 6.69. The number of aromatic nitrogens is 2. The first-order chi connectivity index (χ1) is 18.1. The van der Waals surface area contributed by atoms with E-state index in [-0.39, 0.29) is 41.4 Å². The average Bonchev–Trinajstić information content (AvgIpc) is 3.47. The molecule has 2 amide bonds. The lowest BCUT2D eigenvalue weighted by Gasteiger charge is -2.21. The summed E-state index contributed by atoms with van der Waals surface area (Å²) in [6.45, 7) is 8.69. The fourth-order valence-corrected chi connectivity index (χ4v) is 4.86. The van der Waals surface area contributed by atoms with E-state index < -0.39 is 33.5 Å². The van der Waals surface area contributed by atoms with Gasteiger partial charge in [0.2, 0.25) is 5.91 Å². The van der Waals surface area contributed by atoms with Crippen molar-refractivity contribution in [2.45, 2.75) is 40.2 Å². The number of aryl methyl sites for hydroxylation is 1. The standard InChI is InChI=1S/C27H31FN4O6S/c1-14-7-8-29-11-18(14)17-9-16-10-21(31-25(33)22-15(2)20(22)13-37-39(6,35)36)30-12-19(16)24(23(17)28)32-26(34)38-27(3,4)5/h7-12,15,20,22H,13H2,1-6H3,(H,32,34)(H,30,31,33). The Balaban J connectivity index is 1.68. The highest BCUT2D eigenvalue weighted by Crippen LogP contribution is 2.47. The van der Waals surface area contributed by atoms with Crippen molar-refractivity contribution in [3.63, 3.8) is 0 Å². The zero-order valence-electron chi connectivity index (χ0n) is 22.5. The molecule has 208 valence electrons. The van der Waals surface area contributed by atoms with Crippen LogP contribution in [0.1, 0.15) is 33.3 Å². The largest absolute Gasteiger partial charge is 0.444 e. The number of benzene rings is 1. The van der Waals surface area contributed by atoms with Crippen LogP contribution in [-0.2, 0) is 23.8 Å². The molecule has 0 radical (unpaired) electrons. The number of halogens is 1. The Morgan fingerprint density at radius 3 is 2.49 bits per heavy atom. The van der Waals surface area contributed by atoms with E-state index in [2.05, 4.69) is 20.6 Å². The molecule has 0 bridgehead atoms. The topological polar surface area (TPSA) is 137 Å². The first kappa shape index (κ1) is 28.4. The van der Waals surface area contributed by atoms with Crippen molar-refractivity contribution in [2.24, 2.45) is 17.8 Å². The van der Waals surface area contributed by atoms with Crippen molar-refractivity contribution in [3.8, 4) is 11.1 Å². The Labute approximate surface area is 226 Å². The monoisotopic (exact) mass is 558 g/mol. The molecule has 10 nitrogen and oxygen atoms in total. The number of ether oxygens (including phenoxy) is 1. The van der Waals surface area contributed by atoms with E-state index in [1.54, 1.807) is 45.2 Å². The second kappa shape index (κ2) is 10.5. The van der Waals surface area contributed by atoms with Gasteiger partial charge < -0.3 is 10.1 Å². The van der Waals surface area contributed by atoms with Gasteiger partial charge in [-0.05, 0) is 68.7 Å². The van der Waals surface area contributed by atoms with Gasteiger partial charge in [0.1, 0.15) is 11.4 Å². The highest BCUT2D eigenvalue weighted by molar-refractivity contribution is 7.85. The summed E-state index contributed by atoms with van der Waals surface area (Å²) in [7, 11) is -3.61. The van der Waals surface area contributed by atoms with Crippen molar-refractivity contribution in [3.05, 3.63) is 48.2 Å². The number of hydrogen-bond donors (Lipinski definition) is 2. The lowest BCUT2D eigenvalue weighted by atomic mass is 9.98. The second-order valence-electron chi connectivity index (χ2n) is 10.7. The SMILES string of the molecule is Cc1ccncc1-c1cc2cc(NC(=O)C3C(C)C3COS(C)(=O)=O)ncc2c(NC(=O)OC(C)(C)C)c1F. The summed E-state index contributed by atoms with van der Waals surface area (Å²) < 4.78 is 48.7. The van der Waals surface area contributed by atoms with E-state index >= 15 is 4.39 Å². The second-order valence-corrected chi connectivity index (χ2v) is 12.4. The van der Waals surface area contributed by atoms with Crippen molar-refractivity contribution in [2.75, 3.05) is 23.5 Å². The molecule has 0 aliphatic heterocycles. The summed E-state index contributed by atoms with van der Waals surface area (Å²) >= 11 is 0. The summed E-state index contributed by atoms with van der Waals surface area (Å²) in [5.74, 6) is -1.52. The Hall–Kier alpha value is -3.64. The Morgan fingerprint density at radius 1 is 1.13 bits per heavy atom. The van der Waals surface area contributed by atoms with Gasteiger partial charge >= 0.3 is 6.09 Å². The van der Waals surface area contributed by atoms with E-state index in [9.17, 15) is 18.0 Å². The molecule has 4 rings (SSSR count). The molecule has 12 heteroatoms. The molecule has 39 heavy (non-hydrogen) atoms. The fraction of sp³-hybridized carbons (Fsp3) is 0.407. The normalized spacial score (nSPS) is 19.0. The molecule has 1 aliphatic carbocycles. The molecule has 1 aliphatic rings. The van der Waals surface area contributed by atoms with Crippen LogP contribution in [0.3, 0.4) is 0 Å². The van der Waals surface area contributed by atoms with Crippen LogP contribution in [0.5, 0.6) is 0 Å². The predicted octanol–water partition coefficient (Wildman–Crippen LogP) is 4.89. The highest BCUT2D eigenvalue weighted by atomic mass is 32.2. The molecule has 2 N–H and O–H groups in total. The van der Waals surface area contributed by atoms with Crippen LogP contribution in [0.15, 0.2) is 36.8 Å². The molecule has 2 heterocycles. The van der Waals surface area contributed by atoms with Crippen LogP contribution in [0.4, 0.5) is 20.7 Å². The van der Waals surface area contributed by atoms with E-state index in [1.165, 1.54) is 12.4 Å². The lowest BCUT2D eigenvalue weighted by Crippen LogP contribution is -2.27. The quantitative estimate of drug-likeness (QED) is 0.391. The maximum absolute atomic E-state index is 15.9. The summed E-state index contributed by atoms with van der Waals surface area (Å²) in [5.41, 5.74) is 0.607. The fourth-order valence-electron chi connectivity index (χ4n) is 4.46. The number of hydrogen-bond acceptors (Lipinski definition) is 8. The molecule has 0 spiro atoms. The number of nitrogens with zero attached hydrogens (tertiary/aromatic N) is 2. The Bertz CT molecular complexity index is 1550. The van der Waals surface area contributed by atoms with E-state index in [4.69, 9.17) is 8.92 Å². The number of anilines is 2. The number of carbonyl (C=O) groups excluding carboxylic acids is 2. The molecule has 3 atom stereocenters. The Morgan fingerprint density at radius 2 is 1.85 bits per heavy atom. The molecule has 0 saturated heterocycles. The van der Waals surface area contributed by atoms with Gasteiger partial charge in [-0.2, -0.15) is 8.42 Å². The van der Waals surface area contributed by atoms with Gasteiger partial charge in [-0.15, -0.1) is 0 Å². The number of rotatable bonds is 7. The molecular weight excluding hydrogens is 527 g/mol. The maximum Gasteiger partial charge on any atom is 0.412 e. The zero-order valence-corrected chi connectivity index (χ0v) is 23.3. The van der Waals surface area contributed by atoms with Gasteiger partial charge in [0.05, 0.1) is 18.6 Å². The number of pyridine rings is 2. The minimum absolute atomic E-state index is 0.0638. The third-order valence-corrected chi connectivity index (χ3v) is 7.07. The average molecular weight is 559 g/mol. The molecule has 1 aromatic carbocycles. The molecule has 1 fully saturated rings. The van der Waals surface area contributed by atoms with Crippen LogP contribution in [0, 0.1) is 30.5 Å². The van der Waals surface area contributed by atoms with E-state index in [1.807, 2.05) is 13.8 Å². The summed E-state index contributed by atoms with van der Waals surface area (Å²) in [4.78, 5) is 33.8. The van der Waals surface area contributed by atoms with Crippen LogP contribution in [-0.4, -0.2) is 48.8 Å². The molecule has 3 aromatic rings. The van der Waals surface area contributed by atoms with Crippen LogP contribution in [0.2, 0.25) is 0 Å². The van der Waals surface area contributed by atoms with Crippen molar-refractivity contribution < 1.29 is 31.3 Å². The van der Waals surface area contributed by atoms with E-state index in [0.29, 0.717) is 16.3 Å². The summed E-state index contributed by atoms with van der Waals surface area (Å²) in [5, 5.41) is 6.09. The van der Waals surface area contributed by atoms with Gasteiger partial charge in [-0.3, -0.25) is 19.3 Å². The third-order valence-electron chi connectivity index (χ3n) is 6.51.